The molecule has 0 spiro atoms. The Morgan fingerprint density at radius 3 is 2.76 bits per heavy atom. The molecule has 0 saturated heterocycles. The number of nitrogens with zero attached hydrogens (tertiary/aromatic N) is 2. The third-order valence-electron chi connectivity index (χ3n) is 3.48. The van der Waals surface area contributed by atoms with E-state index in [1.165, 1.54) is 18.1 Å². The van der Waals surface area contributed by atoms with Gasteiger partial charge in [-0.1, -0.05) is 42.1 Å². The highest BCUT2D eigenvalue weighted by Gasteiger charge is 2.44. The number of carboxylic acids is 1. The van der Waals surface area contributed by atoms with Crippen molar-refractivity contribution < 1.29 is 9.90 Å². The molecule has 0 radical (unpaired) electrons. The molecule has 1 aliphatic carbocycles. The van der Waals surface area contributed by atoms with Crippen LogP contribution < -0.4 is 5.32 Å². The van der Waals surface area contributed by atoms with Gasteiger partial charge in [0.2, 0.25) is 0 Å². The molecule has 1 atom stereocenters. The molecule has 1 fully saturated rings. The van der Waals surface area contributed by atoms with E-state index >= 15 is 0 Å². The standard InChI is InChI=1S/C14H16N4O2S/c19-12(20)14(17-11-6-7-11,10-4-2-1-3-5-10)8-21-13-15-9-16-18-13/h1-5,9,11,17H,6-8H2,(H,19,20)(H,15,16,18). The molecule has 0 amide bonds. The molecule has 1 heterocycles. The first-order valence-electron chi connectivity index (χ1n) is 6.75. The monoisotopic (exact) mass is 304 g/mol. The van der Waals surface area contributed by atoms with Crippen LogP contribution in [-0.2, 0) is 10.3 Å². The number of benzene rings is 1. The maximum Gasteiger partial charge on any atom is 0.329 e. The molecule has 21 heavy (non-hydrogen) atoms. The molecule has 1 aromatic carbocycles. The minimum absolute atomic E-state index is 0.275. The molecule has 110 valence electrons. The molecule has 2 aromatic rings. The maximum atomic E-state index is 12.0. The number of aromatic amines is 1. The number of rotatable bonds is 7. The fourth-order valence-corrected chi connectivity index (χ4v) is 3.16. The number of thioether (sulfide) groups is 1. The number of H-pyrrole nitrogens is 1. The van der Waals surface area contributed by atoms with Crippen molar-refractivity contribution in [2.24, 2.45) is 0 Å². The lowest BCUT2D eigenvalue weighted by Crippen LogP contribution is -2.52. The third-order valence-corrected chi connectivity index (χ3v) is 4.53. The van der Waals surface area contributed by atoms with E-state index in [4.69, 9.17) is 0 Å². The Labute approximate surface area is 126 Å². The zero-order chi connectivity index (χ0) is 14.7. The van der Waals surface area contributed by atoms with Gasteiger partial charge in [0.15, 0.2) is 10.7 Å². The van der Waals surface area contributed by atoms with Gasteiger partial charge in [0, 0.05) is 11.8 Å². The summed E-state index contributed by atoms with van der Waals surface area (Å²) in [5.74, 6) is -0.523. The molecular weight excluding hydrogens is 288 g/mol. The molecule has 1 saturated carbocycles. The largest absolute Gasteiger partial charge is 0.480 e. The van der Waals surface area contributed by atoms with Crippen molar-refractivity contribution >= 4 is 17.7 Å². The second-order valence-electron chi connectivity index (χ2n) is 5.07. The number of hydrogen-bond donors (Lipinski definition) is 3. The molecule has 1 aromatic heterocycles. The summed E-state index contributed by atoms with van der Waals surface area (Å²) < 4.78 is 0. The Kier molecular flexibility index (Phi) is 3.94. The molecular formula is C14H16N4O2S. The molecule has 0 bridgehead atoms. The van der Waals surface area contributed by atoms with Gasteiger partial charge < -0.3 is 5.11 Å². The summed E-state index contributed by atoms with van der Waals surface area (Å²) >= 11 is 1.35. The first kappa shape index (κ1) is 14.1. The van der Waals surface area contributed by atoms with Gasteiger partial charge in [0.1, 0.15) is 6.33 Å². The van der Waals surface area contributed by atoms with Crippen LogP contribution in [0.2, 0.25) is 0 Å². The predicted octanol–water partition coefficient (Wildman–Crippen LogP) is 1.63. The second-order valence-corrected chi connectivity index (χ2v) is 6.04. The number of carboxylic acid groups (broad SMARTS) is 1. The second kappa shape index (κ2) is 5.87. The number of aliphatic carboxylic acids is 1. The first-order valence-corrected chi connectivity index (χ1v) is 7.74. The van der Waals surface area contributed by atoms with Crippen LogP contribution in [0.3, 0.4) is 0 Å². The number of aromatic nitrogens is 3. The summed E-state index contributed by atoms with van der Waals surface area (Å²) in [6.45, 7) is 0. The van der Waals surface area contributed by atoms with Crippen molar-refractivity contribution in [3.05, 3.63) is 42.2 Å². The Morgan fingerprint density at radius 1 is 1.43 bits per heavy atom. The van der Waals surface area contributed by atoms with Crippen molar-refractivity contribution in [2.75, 3.05) is 5.75 Å². The van der Waals surface area contributed by atoms with Gasteiger partial charge in [-0.15, -0.1) is 0 Å². The van der Waals surface area contributed by atoms with Gasteiger partial charge in [0.25, 0.3) is 0 Å². The van der Waals surface area contributed by atoms with Gasteiger partial charge in [-0.25, -0.2) is 9.78 Å². The molecule has 3 rings (SSSR count). The van der Waals surface area contributed by atoms with Crippen molar-refractivity contribution in [1.29, 1.82) is 0 Å². The van der Waals surface area contributed by atoms with Crippen molar-refractivity contribution in [3.63, 3.8) is 0 Å². The van der Waals surface area contributed by atoms with Gasteiger partial charge >= 0.3 is 5.97 Å². The van der Waals surface area contributed by atoms with Crippen LogP contribution in [0.1, 0.15) is 18.4 Å². The van der Waals surface area contributed by atoms with Gasteiger partial charge in [-0.05, 0) is 18.4 Å². The van der Waals surface area contributed by atoms with Crippen LogP contribution in [0.15, 0.2) is 41.8 Å². The molecule has 7 heteroatoms. The zero-order valence-corrected chi connectivity index (χ0v) is 12.1. The van der Waals surface area contributed by atoms with Crippen LogP contribution in [-0.4, -0.2) is 38.1 Å². The molecule has 1 unspecified atom stereocenters. The van der Waals surface area contributed by atoms with Crippen LogP contribution >= 0.6 is 11.8 Å². The van der Waals surface area contributed by atoms with E-state index < -0.39 is 11.5 Å². The summed E-state index contributed by atoms with van der Waals surface area (Å²) in [6, 6.07) is 9.59. The third kappa shape index (κ3) is 3.08. The lowest BCUT2D eigenvalue weighted by atomic mass is 9.91. The topological polar surface area (TPSA) is 90.9 Å². The lowest BCUT2D eigenvalue weighted by molar-refractivity contribution is -0.144. The van der Waals surface area contributed by atoms with Gasteiger partial charge in [-0.3, -0.25) is 10.4 Å². The summed E-state index contributed by atoms with van der Waals surface area (Å²) in [5.41, 5.74) is -0.351. The molecule has 0 aliphatic heterocycles. The molecule has 6 nitrogen and oxygen atoms in total. The zero-order valence-electron chi connectivity index (χ0n) is 11.3. The fraction of sp³-hybridized carbons (Fsp3) is 0.357. The highest BCUT2D eigenvalue weighted by molar-refractivity contribution is 7.99. The van der Waals surface area contributed by atoms with E-state index in [9.17, 15) is 9.90 Å². The predicted molar refractivity (Wildman–Crippen MR) is 79.0 cm³/mol. The first-order chi connectivity index (χ1) is 10.2. The fourth-order valence-electron chi connectivity index (χ4n) is 2.19. The Bertz CT molecular complexity index is 601. The Morgan fingerprint density at radius 2 is 2.19 bits per heavy atom. The van der Waals surface area contributed by atoms with Crippen LogP contribution in [0.4, 0.5) is 0 Å². The van der Waals surface area contributed by atoms with E-state index in [0.717, 1.165) is 18.4 Å². The highest BCUT2D eigenvalue weighted by atomic mass is 32.2. The summed E-state index contributed by atoms with van der Waals surface area (Å²) in [6.07, 6.45) is 3.46. The minimum Gasteiger partial charge on any atom is -0.480 e. The van der Waals surface area contributed by atoms with E-state index in [-0.39, 0.29) is 6.04 Å². The Balaban J connectivity index is 1.89. The molecule has 1 aliphatic rings. The molecule has 3 N–H and O–H groups in total. The van der Waals surface area contributed by atoms with Gasteiger partial charge in [0.05, 0.1) is 0 Å². The van der Waals surface area contributed by atoms with Crippen LogP contribution in [0.5, 0.6) is 0 Å². The number of hydrogen-bond acceptors (Lipinski definition) is 5. The highest BCUT2D eigenvalue weighted by Crippen LogP contribution is 2.33. The van der Waals surface area contributed by atoms with Gasteiger partial charge in [-0.2, -0.15) is 5.10 Å². The minimum atomic E-state index is -1.11. The number of nitrogens with one attached hydrogen (secondary N) is 2. The average molecular weight is 304 g/mol. The Hall–Kier alpha value is -1.86. The SMILES string of the molecule is O=C(O)C(CSc1ncn[nH]1)(NC1CC1)c1ccccc1. The summed E-state index contributed by atoms with van der Waals surface area (Å²) in [4.78, 5) is 16.1. The smallest absolute Gasteiger partial charge is 0.329 e. The van der Waals surface area contributed by atoms with Crippen molar-refractivity contribution in [3.8, 4) is 0 Å². The van der Waals surface area contributed by atoms with E-state index in [1.54, 1.807) is 0 Å². The maximum absolute atomic E-state index is 12.0. The van der Waals surface area contributed by atoms with Crippen molar-refractivity contribution in [1.82, 2.24) is 20.5 Å². The van der Waals surface area contributed by atoms with E-state index in [2.05, 4.69) is 20.5 Å². The van der Waals surface area contributed by atoms with Crippen molar-refractivity contribution in [2.45, 2.75) is 29.6 Å². The normalized spacial score (nSPS) is 17.3. The van der Waals surface area contributed by atoms with Crippen LogP contribution in [0, 0.1) is 0 Å². The van der Waals surface area contributed by atoms with Crippen LogP contribution in [0.25, 0.3) is 0 Å². The van der Waals surface area contributed by atoms with E-state index in [0.29, 0.717) is 10.9 Å². The summed E-state index contributed by atoms with van der Waals surface area (Å²) in [5, 5.41) is 20.3. The summed E-state index contributed by atoms with van der Waals surface area (Å²) in [7, 11) is 0. The lowest BCUT2D eigenvalue weighted by Gasteiger charge is -2.30. The quantitative estimate of drug-likeness (QED) is 0.674. The van der Waals surface area contributed by atoms with E-state index in [1.807, 2.05) is 30.3 Å². The number of carbonyl (C=O) groups is 1. The average Bonchev–Trinajstić information content (AvgIpc) is 3.16.